The highest BCUT2D eigenvalue weighted by molar-refractivity contribution is 9.10. The van der Waals surface area contributed by atoms with Gasteiger partial charge in [-0.05, 0) is 28.4 Å². The number of hydrogen-bond acceptors (Lipinski definition) is 4. The van der Waals surface area contributed by atoms with E-state index in [9.17, 15) is 4.79 Å². The molecule has 0 saturated carbocycles. The zero-order valence-electron chi connectivity index (χ0n) is 9.48. The quantitative estimate of drug-likeness (QED) is 0.873. The van der Waals surface area contributed by atoms with Gasteiger partial charge in [0.25, 0.3) is 0 Å². The van der Waals surface area contributed by atoms with E-state index in [1.54, 1.807) is 0 Å². The van der Waals surface area contributed by atoms with Gasteiger partial charge in [-0.15, -0.1) is 0 Å². The molecule has 2 atom stereocenters. The van der Waals surface area contributed by atoms with Gasteiger partial charge in [0.15, 0.2) is 11.5 Å². The molecule has 0 aliphatic carbocycles. The molecule has 2 N–H and O–H groups in total. The van der Waals surface area contributed by atoms with Crippen LogP contribution < -0.4 is 14.8 Å². The normalized spacial score (nSPS) is 25.4. The minimum absolute atomic E-state index is 0.00894. The third-order valence-corrected chi connectivity index (χ3v) is 3.98. The molecule has 3 rings (SSSR count). The van der Waals surface area contributed by atoms with E-state index in [4.69, 9.17) is 14.6 Å². The minimum atomic E-state index is -0.754. The topological polar surface area (TPSA) is 67.8 Å². The maximum atomic E-state index is 11.0. The van der Waals surface area contributed by atoms with E-state index in [-0.39, 0.29) is 18.8 Å². The molecular weight excluding hydrogens is 302 g/mol. The summed E-state index contributed by atoms with van der Waals surface area (Å²) in [6.07, 6.45) is 0.576. The molecule has 0 aromatic heterocycles. The fourth-order valence-corrected chi connectivity index (χ4v) is 2.85. The lowest BCUT2D eigenvalue weighted by Gasteiger charge is -2.13. The number of carbonyl (C=O) groups is 1. The Morgan fingerprint density at radius 1 is 1.39 bits per heavy atom. The molecule has 1 aromatic carbocycles. The van der Waals surface area contributed by atoms with Crippen LogP contribution in [0, 0.1) is 5.92 Å². The van der Waals surface area contributed by atoms with E-state index in [1.165, 1.54) is 0 Å². The van der Waals surface area contributed by atoms with Gasteiger partial charge in [0, 0.05) is 18.2 Å². The number of nitrogens with one attached hydrogen (secondary N) is 1. The van der Waals surface area contributed by atoms with E-state index >= 15 is 0 Å². The highest BCUT2D eigenvalue weighted by Gasteiger charge is 2.34. The van der Waals surface area contributed by atoms with Gasteiger partial charge in [-0.25, -0.2) is 0 Å². The summed E-state index contributed by atoms with van der Waals surface area (Å²) in [6.45, 7) is 0.700. The molecule has 0 bridgehead atoms. The number of rotatable bonds is 2. The molecule has 0 spiro atoms. The molecule has 1 fully saturated rings. The van der Waals surface area contributed by atoms with Gasteiger partial charge in [0.1, 0.15) is 0 Å². The second-order valence-electron chi connectivity index (χ2n) is 4.43. The van der Waals surface area contributed by atoms with Crippen molar-refractivity contribution in [2.75, 3.05) is 13.3 Å². The summed E-state index contributed by atoms with van der Waals surface area (Å²) >= 11 is 3.41. The molecule has 5 nitrogen and oxygen atoms in total. The number of halogens is 1. The Kier molecular flexibility index (Phi) is 2.91. The van der Waals surface area contributed by atoms with Crippen molar-refractivity contribution >= 4 is 21.9 Å². The Hall–Kier alpha value is -1.27. The molecule has 1 aromatic rings. The molecule has 2 unspecified atom stereocenters. The Morgan fingerprint density at radius 3 is 2.89 bits per heavy atom. The van der Waals surface area contributed by atoms with Crippen LogP contribution in [0.3, 0.4) is 0 Å². The standard InChI is InChI=1S/C12H12BrNO4/c13-8-2-1-7(10-11(8)18-5-17-10)9-3-6(4-14-9)12(15)16/h1-2,6,9,14H,3-5H2,(H,15,16). The Labute approximate surface area is 112 Å². The first kappa shape index (κ1) is 11.8. The van der Waals surface area contributed by atoms with Crippen molar-refractivity contribution < 1.29 is 19.4 Å². The summed E-state index contributed by atoms with van der Waals surface area (Å²) in [6, 6.07) is 3.85. The lowest BCUT2D eigenvalue weighted by atomic mass is 9.99. The first-order valence-electron chi connectivity index (χ1n) is 5.71. The second-order valence-corrected chi connectivity index (χ2v) is 5.29. The highest BCUT2D eigenvalue weighted by atomic mass is 79.9. The van der Waals surface area contributed by atoms with Crippen LogP contribution in [-0.2, 0) is 4.79 Å². The van der Waals surface area contributed by atoms with E-state index < -0.39 is 5.97 Å². The smallest absolute Gasteiger partial charge is 0.307 e. The molecule has 1 saturated heterocycles. The summed E-state index contributed by atoms with van der Waals surface area (Å²) in [5.41, 5.74) is 0.967. The van der Waals surface area contributed by atoms with E-state index in [1.807, 2.05) is 12.1 Å². The maximum absolute atomic E-state index is 11.0. The van der Waals surface area contributed by atoms with Crippen molar-refractivity contribution in [1.29, 1.82) is 0 Å². The molecular formula is C12H12BrNO4. The van der Waals surface area contributed by atoms with Crippen LogP contribution in [0.1, 0.15) is 18.0 Å². The van der Waals surface area contributed by atoms with E-state index in [0.29, 0.717) is 24.5 Å². The minimum Gasteiger partial charge on any atom is -0.481 e. The van der Waals surface area contributed by atoms with Gasteiger partial charge >= 0.3 is 5.97 Å². The summed E-state index contributed by atoms with van der Waals surface area (Å²) in [7, 11) is 0. The SMILES string of the molecule is O=C(O)C1CNC(c2ccc(Br)c3c2OCO3)C1. The van der Waals surface area contributed by atoms with Gasteiger partial charge in [-0.2, -0.15) is 0 Å². The van der Waals surface area contributed by atoms with Crippen LogP contribution in [0.2, 0.25) is 0 Å². The lowest BCUT2D eigenvalue weighted by Crippen LogP contribution is -2.17. The van der Waals surface area contributed by atoms with Gasteiger partial charge in [0.05, 0.1) is 10.4 Å². The molecule has 96 valence electrons. The van der Waals surface area contributed by atoms with Gasteiger partial charge in [-0.1, -0.05) is 6.07 Å². The predicted octanol–water partition coefficient (Wildman–Crippen LogP) is 1.91. The van der Waals surface area contributed by atoms with Crippen molar-refractivity contribution in [3.05, 3.63) is 22.2 Å². The lowest BCUT2D eigenvalue weighted by molar-refractivity contribution is -0.141. The molecule has 0 radical (unpaired) electrons. The first-order valence-corrected chi connectivity index (χ1v) is 6.50. The van der Waals surface area contributed by atoms with Crippen molar-refractivity contribution in [3.63, 3.8) is 0 Å². The van der Waals surface area contributed by atoms with Crippen LogP contribution >= 0.6 is 15.9 Å². The fourth-order valence-electron chi connectivity index (χ4n) is 2.42. The average molecular weight is 314 g/mol. The average Bonchev–Trinajstić information content (AvgIpc) is 2.98. The van der Waals surface area contributed by atoms with Crippen LogP contribution in [-0.4, -0.2) is 24.4 Å². The predicted molar refractivity (Wildman–Crippen MR) is 66.8 cm³/mol. The molecule has 2 aliphatic heterocycles. The van der Waals surface area contributed by atoms with Crippen molar-refractivity contribution in [2.24, 2.45) is 5.92 Å². The number of benzene rings is 1. The zero-order valence-corrected chi connectivity index (χ0v) is 11.1. The first-order chi connectivity index (χ1) is 8.66. The third-order valence-electron chi connectivity index (χ3n) is 3.36. The summed E-state index contributed by atoms with van der Waals surface area (Å²) in [5.74, 6) is 0.327. The summed E-state index contributed by atoms with van der Waals surface area (Å²) in [5, 5.41) is 12.2. The second kappa shape index (κ2) is 4.44. The molecule has 0 amide bonds. The Morgan fingerprint density at radius 2 is 2.17 bits per heavy atom. The van der Waals surface area contributed by atoms with Crippen LogP contribution in [0.5, 0.6) is 11.5 Å². The Bertz CT molecular complexity index is 505. The van der Waals surface area contributed by atoms with Crippen LogP contribution in [0.25, 0.3) is 0 Å². The number of hydrogen-bond donors (Lipinski definition) is 2. The summed E-state index contributed by atoms with van der Waals surface area (Å²) in [4.78, 5) is 11.0. The molecule has 2 heterocycles. The van der Waals surface area contributed by atoms with E-state index in [0.717, 1.165) is 10.0 Å². The number of carboxylic acids is 1. The summed E-state index contributed by atoms with van der Waals surface area (Å²) < 4.78 is 11.7. The van der Waals surface area contributed by atoms with E-state index in [2.05, 4.69) is 21.2 Å². The van der Waals surface area contributed by atoms with Crippen molar-refractivity contribution in [3.8, 4) is 11.5 Å². The van der Waals surface area contributed by atoms with Gasteiger partial charge < -0.3 is 19.9 Å². The van der Waals surface area contributed by atoms with Gasteiger partial charge in [-0.3, -0.25) is 4.79 Å². The number of aliphatic carboxylic acids is 1. The monoisotopic (exact) mass is 313 g/mol. The number of ether oxygens (including phenoxy) is 2. The van der Waals surface area contributed by atoms with Gasteiger partial charge in [0.2, 0.25) is 6.79 Å². The molecule has 2 aliphatic rings. The number of fused-ring (bicyclic) bond motifs is 1. The Balaban J connectivity index is 1.90. The third kappa shape index (κ3) is 1.85. The van der Waals surface area contributed by atoms with Crippen LogP contribution in [0.4, 0.5) is 0 Å². The van der Waals surface area contributed by atoms with Crippen molar-refractivity contribution in [1.82, 2.24) is 5.32 Å². The largest absolute Gasteiger partial charge is 0.481 e. The maximum Gasteiger partial charge on any atom is 0.307 e. The van der Waals surface area contributed by atoms with Crippen LogP contribution in [0.15, 0.2) is 16.6 Å². The molecule has 18 heavy (non-hydrogen) atoms. The fraction of sp³-hybridized carbons (Fsp3) is 0.417. The number of carboxylic acid groups (broad SMARTS) is 1. The zero-order chi connectivity index (χ0) is 12.7. The highest BCUT2D eigenvalue weighted by Crippen LogP contribution is 2.45. The molecule has 6 heteroatoms. The van der Waals surface area contributed by atoms with Crippen molar-refractivity contribution in [2.45, 2.75) is 12.5 Å².